The number of carbonyl (C=O) groups is 2. The molecule has 2 amide bonds. The van der Waals surface area contributed by atoms with Crippen LogP contribution in [0.25, 0.3) is 0 Å². The Labute approximate surface area is 118 Å². The minimum Gasteiger partial charge on any atom is -0.325 e. The molecule has 0 saturated carbocycles. The molecule has 1 aliphatic rings. The number of rotatable bonds is 2. The summed E-state index contributed by atoms with van der Waals surface area (Å²) in [6.07, 6.45) is 0.491. The molecule has 4 nitrogen and oxygen atoms in total. The van der Waals surface area contributed by atoms with Gasteiger partial charge in [0.25, 0.3) is 0 Å². The molecule has 0 aliphatic carbocycles. The topological polar surface area (TPSA) is 49.4 Å². The van der Waals surface area contributed by atoms with Gasteiger partial charge in [-0.3, -0.25) is 9.59 Å². The van der Waals surface area contributed by atoms with E-state index in [0.29, 0.717) is 23.7 Å². The molecule has 0 radical (unpaired) electrons. The fourth-order valence-electron chi connectivity index (χ4n) is 1.88. The molecule has 0 aromatic heterocycles. The molecular weight excluding hydrogens is 320 g/mol. The van der Waals surface area contributed by atoms with E-state index in [0.717, 1.165) is 5.69 Å². The third-order valence-corrected chi connectivity index (χ3v) is 3.58. The lowest BCUT2D eigenvalue weighted by molar-refractivity contribution is -0.117. The second-order valence-electron chi connectivity index (χ2n) is 4.15. The normalized spacial score (nSPS) is 19.2. The van der Waals surface area contributed by atoms with Gasteiger partial charge in [0.1, 0.15) is 0 Å². The predicted molar refractivity (Wildman–Crippen MR) is 75.4 cm³/mol. The first-order valence-corrected chi connectivity index (χ1v) is 6.78. The Morgan fingerprint density at radius 3 is 2.78 bits per heavy atom. The standard InChI is InChI=1S/C12H12BrClN2O2/c1-7(17)15-11-3-2-9(5-10(11)14)16-6-8(13)4-12(16)18/h2-3,5,8H,4,6H2,1H3,(H,15,17). The molecule has 1 aromatic rings. The lowest BCUT2D eigenvalue weighted by Crippen LogP contribution is -2.24. The highest BCUT2D eigenvalue weighted by atomic mass is 79.9. The Morgan fingerprint density at radius 2 is 2.28 bits per heavy atom. The van der Waals surface area contributed by atoms with E-state index < -0.39 is 0 Å². The maximum absolute atomic E-state index is 11.7. The second kappa shape index (κ2) is 5.28. The lowest BCUT2D eigenvalue weighted by Gasteiger charge is -2.17. The molecule has 1 N–H and O–H groups in total. The van der Waals surface area contributed by atoms with Crippen LogP contribution in [0.4, 0.5) is 11.4 Å². The van der Waals surface area contributed by atoms with E-state index in [-0.39, 0.29) is 16.6 Å². The van der Waals surface area contributed by atoms with Gasteiger partial charge in [-0.1, -0.05) is 27.5 Å². The summed E-state index contributed by atoms with van der Waals surface area (Å²) in [6, 6.07) is 5.17. The summed E-state index contributed by atoms with van der Waals surface area (Å²) in [4.78, 5) is 24.6. The van der Waals surface area contributed by atoms with Gasteiger partial charge >= 0.3 is 0 Å². The predicted octanol–water partition coefficient (Wildman–Crippen LogP) is 2.80. The summed E-state index contributed by atoms with van der Waals surface area (Å²) in [5, 5.41) is 3.05. The first kappa shape index (κ1) is 13.4. The van der Waals surface area contributed by atoms with Gasteiger partial charge in [0.15, 0.2) is 0 Å². The van der Waals surface area contributed by atoms with Crippen LogP contribution < -0.4 is 10.2 Å². The molecule has 1 fully saturated rings. The van der Waals surface area contributed by atoms with Crippen LogP contribution in [0.2, 0.25) is 5.02 Å². The van der Waals surface area contributed by atoms with Crippen LogP contribution in [0, 0.1) is 0 Å². The molecule has 6 heteroatoms. The molecule has 0 bridgehead atoms. The summed E-state index contributed by atoms with van der Waals surface area (Å²) in [6.45, 7) is 2.05. The van der Waals surface area contributed by atoms with Crippen LogP contribution in [-0.2, 0) is 9.59 Å². The molecule has 18 heavy (non-hydrogen) atoms. The fourth-order valence-corrected chi connectivity index (χ4v) is 2.67. The first-order chi connectivity index (χ1) is 8.47. The van der Waals surface area contributed by atoms with Crippen LogP contribution in [-0.4, -0.2) is 23.2 Å². The van der Waals surface area contributed by atoms with Gasteiger partial charge in [0, 0.05) is 30.4 Å². The number of benzene rings is 1. The van der Waals surface area contributed by atoms with Crippen LogP contribution in [0.1, 0.15) is 13.3 Å². The van der Waals surface area contributed by atoms with Gasteiger partial charge < -0.3 is 10.2 Å². The highest BCUT2D eigenvalue weighted by molar-refractivity contribution is 9.09. The van der Waals surface area contributed by atoms with Gasteiger partial charge in [-0.25, -0.2) is 0 Å². The maximum atomic E-state index is 11.7. The van der Waals surface area contributed by atoms with Crippen LogP contribution in [0.5, 0.6) is 0 Å². The van der Waals surface area contributed by atoms with Crippen molar-refractivity contribution in [1.82, 2.24) is 0 Å². The molecule has 1 aromatic carbocycles. The van der Waals surface area contributed by atoms with E-state index in [2.05, 4.69) is 21.2 Å². The van der Waals surface area contributed by atoms with Crippen molar-refractivity contribution in [3.63, 3.8) is 0 Å². The molecule has 96 valence electrons. The molecule has 1 heterocycles. The van der Waals surface area contributed by atoms with Crippen LogP contribution in [0.15, 0.2) is 18.2 Å². The number of hydrogen-bond acceptors (Lipinski definition) is 2. The highest BCUT2D eigenvalue weighted by Gasteiger charge is 2.28. The zero-order valence-electron chi connectivity index (χ0n) is 9.74. The Kier molecular flexibility index (Phi) is 3.92. The van der Waals surface area contributed by atoms with Crippen LogP contribution >= 0.6 is 27.5 Å². The smallest absolute Gasteiger partial charge is 0.228 e. The summed E-state index contributed by atoms with van der Waals surface area (Å²) in [5.74, 6) is -0.109. The average Bonchev–Trinajstić information content (AvgIpc) is 2.60. The second-order valence-corrected chi connectivity index (χ2v) is 5.85. The summed E-state index contributed by atoms with van der Waals surface area (Å²) in [7, 11) is 0. The Hall–Kier alpha value is -1.07. The van der Waals surface area contributed by atoms with Gasteiger partial charge in [0.05, 0.1) is 10.7 Å². The molecule has 0 spiro atoms. The minimum absolute atomic E-state index is 0.0696. The van der Waals surface area contributed by atoms with Crippen molar-refractivity contribution in [2.24, 2.45) is 0 Å². The van der Waals surface area contributed by atoms with E-state index in [4.69, 9.17) is 11.6 Å². The third kappa shape index (κ3) is 2.84. The van der Waals surface area contributed by atoms with Crippen molar-refractivity contribution in [1.29, 1.82) is 0 Å². The largest absolute Gasteiger partial charge is 0.325 e. The number of nitrogens with one attached hydrogen (secondary N) is 1. The number of anilines is 2. The third-order valence-electron chi connectivity index (χ3n) is 2.65. The maximum Gasteiger partial charge on any atom is 0.228 e. The van der Waals surface area contributed by atoms with Crippen molar-refractivity contribution in [3.05, 3.63) is 23.2 Å². The Balaban J connectivity index is 2.23. The Morgan fingerprint density at radius 1 is 1.56 bits per heavy atom. The van der Waals surface area contributed by atoms with Gasteiger partial charge in [-0.15, -0.1) is 0 Å². The van der Waals surface area contributed by atoms with Crippen molar-refractivity contribution < 1.29 is 9.59 Å². The van der Waals surface area contributed by atoms with Gasteiger partial charge in [0.2, 0.25) is 11.8 Å². The molecule has 2 rings (SSSR count). The van der Waals surface area contributed by atoms with E-state index in [1.165, 1.54) is 6.92 Å². The molecule has 1 atom stereocenters. The number of nitrogens with zero attached hydrogens (tertiary/aromatic N) is 1. The minimum atomic E-state index is -0.178. The Bertz CT molecular complexity index is 507. The first-order valence-electron chi connectivity index (χ1n) is 5.49. The number of hydrogen-bond donors (Lipinski definition) is 1. The number of halogens is 2. The number of alkyl halides is 1. The average molecular weight is 332 g/mol. The summed E-state index contributed by atoms with van der Waals surface area (Å²) >= 11 is 9.50. The molecular formula is C12H12BrClN2O2. The molecule has 1 aliphatic heterocycles. The van der Waals surface area contributed by atoms with E-state index >= 15 is 0 Å². The van der Waals surface area contributed by atoms with E-state index in [9.17, 15) is 9.59 Å². The molecule has 1 unspecified atom stereocenters. The zero-order chi connectivity index (χ0) is 13.3. The number of carbonyl (C=O) groups excluding carboxylic acids is 2. The van der Waals surface area contributed by atoms with Crippen molar-refractivity contribution in [3.8, 4) is 0 Å². The monoisotopic (exact) mass is 330 g/mol. The fraction of sp³-hybridized carbons (Fsp3) is 0.333. The highest BCUT2D eigenvalue weighted by Crippen LogP contribution is 2.31. The van der Waals surface area contributed by atoms with Crippen molar-refractivity contribution in [2.45, 2.75) is 18.2 Å². The van der Waals surface area contributed by atoms with Crippen molar-refractivity contribution in [2.75, 3.05) is 16.8 Å². The molecule has 1 saturated heterocycles. The lowest BCUT2D eigenvalue weighted by atomic mass is 10.2. The van der Waals surface area contributed by atoms with Crippen LogP contribution in [0.3, 0.4) is 0 Å². The summed E-state index contributed by atoms with van der Waals surface area (Å²) in [5.41, 5.74) is 1.30. The van der Waals surface area contributed by atoms with E-state index in [1.54, 1.807) is 23.1 Å². The van der Waals surface area contributed by atoms with Gasteiger partial charge in [-0.05, 0) is 18.2 Å². The SMILES string of the molecule is CC(=O)Nc1ccc(N2CC(Br)CC2=O)cc1Cl. The van der Waals surface area contributed by atoms with Gasteiger partial charge in [-0.2, -0.15) is 0 Å². The quantitative estimate of drug-likeness (QED) is 0.847. The number of amides is 2. The zero-order valence-corrected chi connectivity index (χ0v) is 12.1. The van der Waals surface area contributed by atoms with Crippen molar-refractivity contribution >= 4 is 50.7 Å². The van der Waals surface area contributed by atoms with E-state index in [1.807, 2.05) is 0 Å². The summed E-state index contributed by atoms with van der Waals surface area (Å²) < 4.78 is 0.